The zero-order valence-electron chi connectivity index (χ0n) is 10.0. The number of aromatic nitrogens is 1. The monoisotopic (exact) mass is 381 g/mol. The number of nitrogens with two attached hydrogens (primary N) is 1. The molecule has 0 aromatic carbocycles. The first kappa shape index (κ1) is 15.1. The van der Waals surface area contributed by atoms with Crippen molar-refractivity contribution in [1.82, 2.24) is 9.29 Å². The molecular weight excluding hydrogens is 370 g/mol. The van der Waals surface area contributed by atoms with Crippen molar-refractivity contribution in [2.75, 3.05) is 7.05 Å². The van der Waals surface area contributed by atoms with Crippen molar-refractivity contribution in [3.63, 3.8) is 0 Å². The van der Waals surface area contributed by atoms with E-state index in [-0.39, 0.29) is 11.4 Å². The van der Waals surface area contributed by atoms with Crippen molar-refractivity contribution in [2.24, 2.45) is 5.73 Å². The van der Waals surface area contributed by atoms with E-state index >= 15 is 0 Å². The Labute approximate surface area is 128 Å². The van der Waals surface area contributed by atoms with E-state index in [1.807, 2.05) is 5.38 Å². The van der Waals surface area contributed by atoms with E-state index in [4.69, 9.17) is 5.73 Å². The summed E-state index contributed by atoms with van der Waals surface area (Å²) in [5.74, 6) is 0. The average molecular weight is 382 g/mol. The van der Waals surface area contributed by atoms with Crippen LogP contribution in [0.15, 0.2) is 25.6 Å². The third kappa shape index (κ3) is 3.23. The Hall–Kier alpha value is -0.320. The van der Waals surface area contributed by atoms with Crippen LogP contribution in [0.2, 0.25) is 0 Å². The topological polar surface area (TPSA) is 76.3 Å². The molecule has 0 radical (unpaired) electrons. The number of sulfonamides is 1. The lowest BCUT2D eigenvalue weighted by molar-refractivity contribution is 0.463. The van der Waals surface area contributed by atoms with E-state index in [1.165, 1.54) is 27.0 Å². The molecule has 0 aliphatic carbocycles. The highest BCUT2D eigenvalue weighted by Gasteiger charge is 2.26. The number of hydrogen-bond acceptors (Lipinski definition) is 6. The van der Waals surface area contributed by atoms with Gasteiger partial charge in [-0.05, 0) is 22.0 Å². The van der Waals surface area contributed by atoms with E-state index in [0.29, 0.717) is 10.3 Å². The fraction of sp³-hybridized carbons (Fsp3) is 0.300. The average Bonchev–Trinajstić information content (AvgIpc) is 2.98. The van der Waals surface area contributed by atoms with Crippen LogP contribution in [0.4, 0.5) is 0 Å². The molecule has 9 heteroatoms. The normalized spacial score (nSPS) is 12.2. The van der Waals surface area contributed by atoms with Crippen LogP contribution in [0.25, 0.3) is 0 Å². The molecule has 0 unspecified atom stereocenters. The van der Waals surface area contributed by atoms with Crippen LogP contribution < -0.4 is 5.73 Å². The molecule has 0 saturated heterocycles. The number of thiazole rings is 1. The molecule has 5 nitrogen and oxygen atoms in total. The van der Waals surface area contributed by atoms with E-state index in [0.717, 1.165) is 10.6 Å². The Morgan fingerprint density at radius 1 is 1.53 bits per heavy atom. The van der Waals surface area contributed by atoms with Gasteiger partial charge in [0.25, 0.3) is 0 Å². The summed E-state index contributed by atoms with van der Waals surface area (Å²) in [5.41, 5.74) is 7.95. The van der Waals surface area contributed by atoms with Crippen molar-refractivity contribution in [2.45, 2.75) is 18.0 Å². The standard InChI is InChI=1S/C10H12BrN3O2S3/c1-14(4-7-5-17-6-13-7)19(15,16)9-2-8(3-12)18-10(9)11/h2,5-6H,3-4,12H2,1H3. The van der Waals surface area contributed by atoms with Gasteiger partial charge in [0.1, 0.15) is 4.90 Å². The zero-order valence-corrected chi connectivity index (χ0v) is 14.1. The van der Waals surface area contributed by atoms with Gasteiger partial charge in [-0.1, -0.05) is 0 Å². The number of thiophene rings is 1. The van der Waals surface area contributed by atoms with E-state index < -0.39 is 10.0 Å². The first-order valence-electron chi connectivity index (χ1n) is 5.27. The van der Waals surface area contributed by atoms with Gasteiger partial charge in [0.15, 0.2) is 0 Å². The van der Waals surface area contributed by atoms with Crippen LogP contribution in [0.5, 0.6) is 0 Å². The van der Waals surface area contributed by atoms with Gasteiger partial charge in [-0.15, -0.1) is 22.7 Å². The lowest BCUT2D eigenvalue weighted by atomic mass is 10.5. The van der Waals surface area contributed by atoms with E-state index in [2.05, 4.69) is 20.9 Å². The van der Waals surface area contributed by atoms with Gasteiger partial charge in [0, 0.05) is 23.8 Å². The van der Waals surface area contributed by atoms with Gasteiger partial charge >= 0.3 is 0 Å². The number of nitrogens with zero attached hydrogens (tertiary/aromatic N) is 2. The molecule has 0 aliphatic rings. The molecule has 2 heterocycles. The predicted molar refractivity (Wildman–Crippen MR) is 80.7 cm³/mol. The summed E-state index contributed by atoms with van der Waals surface area (Å²) in [6.07, 6.45) is 0. The second kappa shape index (κ2) is 5.98. The molecule has 104 valence electrons. The third-order valence-electron chi connectivity index (χ3n) is 2.46. The molecular formula is C10H12BrN3O2S3. The first-order chi connectivity index (χ1) is 8.95. The fourth-order valence-electron chi connectivity index (χ4n) is 1.47. The molecule has 0 spiro atoms. The second-order valence-corrected chi connectivity index (χ2v) is 8.98. The molecule has 0 saturated carbocycles. The van der Waals surface area contributed by atoms with E-state index in [9.17, 15) is 8.42 Å². The lowest BCUT2D eigenvalue weighted by Gasteiger charge is -2.15. The van der Waals surface area contributed by atoms with E-state index in [1.54, 1.807) is 18.6 Å². The van der Waals surface area contributed by atoms with Gasteiger partial charge in [-0.25, -0.2) is 13.4 Å². The lowest BCUT2D eigenvalue weighted by Crippen LogP contribution is -2.26. The van der Waals surface area contributed by atoms with Crippen LogP contribution >= 0.6 is 38.6 Å². The van der Waals surface area contributed by atoms with Gasteiger partial charge in [0.2, 0.25) is 10.0 Å². The molecule has 2 rings (SSSR count). The first-order valence-corrected chi connectivity index (χ1v) is 9.26. The van der Waals surface area contributed by atoms with Crippen LogP contribution in [-0.2, 0) is 23.1 Å². The maximum absolute atomic E-state index is 12.4. The van der Waals surface area contributed by atoms with Crippen molar-refractivity contribution < 1.29 is 8.42 Å². The molecule has 19 heavy (non-hydrogen) atoms. The van der Waals surface area contributed by atoms with Gasteiger partial charge in [0.05, 0.1) is 21.5 Å². The molecule has 2 aromatic rings. The van der Waals surface area contributed by atoms with Crippen LogP contribution in [0.1, 0.15) is 10.6 Å². The van der Waals surface area contributed by atoms with Crippen molar-refractivity contribution in [3.8, 4) is 0 Å². The smallest absolute Gasteiger partial charge is 0.245 e. The second-order valence-electron chi connectivity index (χ2n) is 3.80. The summed E-state index contributed by atoms with van der Waals surface area (Å²) >= 11 is 6.06. The third-order valence-corrected chi connectivity index (χ3v) is 7.18. The highest BCUT2D eigenvalue weighted by Crippen LogP contribution is 2.33. The summed E-state index contributed by atoms with van der Waals surface area (Å²) in [5, 5.41) is 1.83. The van der Waals surface area contributed by atoms with Crippen LogP contribution in [0, 0.1) is 0 Å². The summed E-state index contributed by atoms with van der Waals surface area (Å²) in [6, 6.07) is 1.61. The number of rotatable bonds is 5. The summed E-state index contributed by atoms with van der Waals surface area (Å²) in [6.45, 7) is 0.584. The maximum Gasteiger partial charge on any atom is 0.245 e. The Kier molecular flexibility index (Phi) is 4.75. The SMILES string of the molecule is CN(Cc1cscn1)S(=O)(=O)c1cc(CN)sc1Br. The number of hydrogen-bond donors (Lipinski definition) is 1. The minimum atomic E-state index is -3.53. The molecule has 0 atom stereocenters. The van der Waals surface area contributed by atoms with Gasteiger partial charge in [-0.2, -0.15) is 4.31 Å². The molecule has 0 bridgehead atoms. The molecule has 0 fully saturated rings. The summed E-state index contributed by atoms with van der Waals surface area (Å²) in [7, 11) is -1.99. The van der Waals surface area contributed by atoms with Crippen LogP contribution in [0.3, 0.4) is 0 Å². The fourth-order valence-corrected chi connectivity index (χ4v) is 5.67. The molecule has 2 N–H and O–H groups in total. The number of halogens is 1. The van der Waals surface area contributed by atoms with Crippen LogP contribution in [-0.4, -0.2) is 24.8 Å². The summed E-state index contributed by atoms with van der Waals surface area (Å²) < 4.78 is 26.8. The predicted octanol–water partition coefficient (Wildman–Crippen LogP) is 2.25. The minimum Gasteiger partial charge on any atom is -0.326 e. The molecule has 0 aliphatic heterocycles. The maximum atomic E-state index is 12.4. The minimum absolute atomic E-state index is 0.256. The largest absolute Gasteiger partial charge is 0.326 e. The Morgan fingerprint density at radius 2 is 2.26 bits per heavy atom. The van der Waals surface area contributed by atoms with Crippen molar-refractivity contribution >= 4 is 48.6 Å². The Bertz CT molecular complexity index is 652. The molecule has 0 amide bonds. The highest BCUT2D eigenvalue weighted by molar-refractivity contribution is 9.11. The molecule has 2 aromatic heterocycles. The Balaban J connectivity index is 2.28. The quantitative estimate of drug-likeness (QED) is 0.861. The highest BCUT2D eigenvalue weighted by atomic mass is 79.9. The zero-order chi connectivity index (χ0) is 14.0. The van der Waals surface area contributed by atoms with Gasteiger partial charge in [-0.3, -0.25) is 0 Å². The van der Waals surface area contributed by atoms with Gasteiger partial charge < -0.3 is 5.73 Å². The van der Waals surface area contributed by atoms with Crippen molar-refractivity contribution in [3.05, 3.63) is 31.3 Å². The summed E-state index contributed by atoms with van der Waals surface area (Å²) in [4.78, 5) is 5.18. The van der Waals surface area contributed by atoms with Crippen molar-refractivity contribution in [1.29, 1.82) is 0 Å². The Morgan fingerprint density at radius 3 is 2.79 bits per heavy atom.